The van der Waals surface area contributed by atoms with E-state index in [1.54, 1.807) is 0 Å². The minimum Gasteiger partial charge on any atom is -0.508 e. The topological polar surface area (TPSA) is 133 Å². The van der Waals surface area contributed by atoms with Crippen molar-refractivity contribution in [2.24, 2.45) is 5.73 Å². The Hall–Kier alpha value is -3.32. The fraction of sp³-hybridized carbons (Fsp3) is 0.238. The molecule has 0 aromatic heterocycles. The monoisotopic (exact) mass is 384 g/mol. The maximum absolute atomic E-state index is 11.0. The van der Waals surface area contributed by atoms with Crippen LogP contribution < -0.4 is 11.1 Å². The molecule has 0 saturated carbocycles. The lowest BCUT2D eigenvalue weighted by molar-refractivity contribution is -0.138. The van der Waals surface area contributed by atoms with Crippen molar-refractivity contribution in [1.82, 2.24) is 0 Å². The lowest BCUT2D eigenvalue weighted by Crippen LogP contribution is -2.32. The van der Waals surface area contributed by atoms with E-state index in [0.29, 0.717) is 18.4 Å². The Morgan fingerprint density at radius 1 is 1.14 bits per heavy atom. The van der Waals surface area contributed by atoms with Gasteiger partial charge in [0.05, 0.1) is 5.69 Å². The molecule has 2 rings (SSSR count). The zero-order chi connectivity index (χ0) is 20.5. The molecule has 1 atom stereocenters. The van der Waals surface area contributed by atoms with Crippen molar-refractivity contribution >= 4 is 17.9 Å². The van der Waals surface area contributed by atoms with Crippen LogP contribution in [0.5, 0.6) is 11.5 Å². The third kappa shape index (κ3) is 6.14. The Labute approximate surface area is 163 Å². The van der Waals surface area contributed by atoms with Gasteiger partial charge in [-0.15, -0.1) is 0 Å². The second-order valence-electron chi connectivity index (χ2n) is 6.44. The van der Waals surface area contributed by atoms with Gasteiger partial charge in [0.25, 0.3) is 0 Å². The maximum atomic E-state index is 11.0. The van der Waals surface area contributed by atoms with E-state index < -0.39 is 12.0 Å². The number of nitrogens with one attached hydrogen (secondary N) is 1. The number of aryl methyl sites for hydroxylation is 1. The van der Waals surface area contributed by atoms with Crippen molar-refractivity contribution in [1.29, 1.82) is 0 Å². The summed E-state index contributed by atoms with van der Waals surface area (Å²) >= 11 is 0. The number of anilines is 1. The molecule has 0 saturated heterocycles. The van der Waals surface area contributed by atoms with Crippen LogP contribution in [0.3, 0.4) is 0 Å². The number of aromatic hydroxyl groups is 2. The third-order valence-electron chi connectivity index (χ3n) is 4.27. The van der Waals surface area contributed by atoms with Crippen LogP contribution in [-0.4, -0.2) is 33.6 Å². The van der Waals surface area contributed by atoms with E-state index in [-0.39, 0.29) is 29.2 Å². The summed E-state index contributed by atoms with van der Waals surface area (Å²) in [7, 11) is 0. The standard InChI is InChI=1S/C21H24N2O5/c22-17(21(27)28)11-15-12-18(20(26)13-19(15)25)23-16(9-10-24)8-4-7-14-5-2-1-3-6-14/h1-3,5-6,9-10,12-13,17,23,25-26H,4,7-8,11,22H2,(H,27,28)/b16-9+/t17-/m0/s1. The third-order valence-corrected chi connectivity index (χ3v) is 4.27. The van der Waals surface area contributed by atoms with Gasteiger partial charge in [-0.2, -0.15) is 0 Å². The Morgan fingerprint density at radius 2 is 1.86 bits per heavy atom. The van der Waals surface area contributed by atoms with Crippen molar-refractivity contribution in [2.75, 3.05) is 5.32 Å². The van der Waals surface area contributed by atoms with Crippen LogP contribution in [0.25, 0.3) is 0 Å². The number of allylic oxidation sites excluding steroid dienone is 2. The number of benzene rings is 2. The van der Waals surface area contributed by atoms with Crippen LogP contribution in [0.4, 0.5) is 5.69 Å². The Balaban J connectivity index is 2.09. The number of aliphatic carboxylic acids is 1. The molecule has 0 aliphatic rings. The molecule has 6 N–H and O–H groups in total. The molecule has 0 aliphatic carbocycles. The van der Waals surface area contributed by atoms with Crippen LogP contribution >= 0.6 is 0 Å². The quantitative estimate of drug-likeness (QED) is 0.184. The maximum Gasteiger partial charge on any atom is 0.320 e. The largest absolute Gasteiger partial charge is 0.508 e. The molecule has 148 valence electrons. The lowest BCUT2D eigenvalue weighted by atomic mass is 10.0. The number of nitrogens with two attached hydrogens (primary N) is 1. The van der Waals surface area contributed by atoms with E-state index in [4.69, 9.17) is 10.8 Å². The molecule has 2 aromatic carbocycles. The molecule has 28 heavy (non-hydrogen) atoms. The molecule has 0 aliphatic heterocycles. The van der Waals surface area contributed by atoms with Gasteiger partial charge in [0, 0.05) is 18.2 Å². The van der Waals surface area contributed by atoms with Crippen LogP contribution in [-0.2, 0) is 22.4 Å². The summed E-state index contributed by atoms with van der Waals surface area (Å²) in [6, 6.07) is 11.3. The van der Waals surface area contributed by atoms with Crippen LogP contribution in [0.15, 0.2) is 54.2 Å². The molecular weight excluding hydrogens is 360 g/mol. The SMILES string of the molecule is N[C@@H](Cc1cc(N/C(=C/C=O)CCCc2ccccc2)c(O)cc1O)C(=O)O. The minimum atomic E-state index is -1.19. The Morgan fingerprint density at radius 3 is 2.50 bits per heavy atom. The first-order valence-electron chi connectivity index (χ1n) is 8.89. The van der Waals surface area contributed by atoms with Gasteiger partial charge in [0.1, 0.15) is 23.8 Å². The second kappa shape index (κ2) is 10.1. The number of phenolic OH excluding ortho intramolecular Hbond substituents is 2. The van der Waals surface area contributed by atoms with Crippen LogP contribution in [0, 0.1) is 0 Å². The van der Waals surface area contributed by atoms with Gasteiger partial charge in [0.15, 0.2) is 0 Å². The second-order valence-corrected chi connectivity index (χ2v) is 6.44. The zero-order valence-electron chi connectivity index (χ0n) is 15.3. The summed E-state index contributed by atoms with van der Waals surface area (Å²) in [5.41, 5.74) is 7.85. The number of carbonyl (C=O) groups excluding carboxylic acids is 1. The molecule has 0 fully saturated rings. The van der Waals surface area contributed by atoms with Crippen molar-refractivity contribution in [2.45, 2.75) is 31.7 Å². The first kappa shape index (κ1) is 21.0. The average molecular weight is 384 g/mol. The van der Waals surface area contributed by atoms with E-state index in [0.717, 1.165) is 18.9 Å². The number of rotatable bonds is 10. The van der Waals surface area contributed by atoms with Gasteiger partial charge in [-0.3, -0.25) is 9.59 Å². The number of aldehydes is 1. The van der Waals surface area contributed by atoms with Crippen molar-refractivity contribution < 1.29 is 24.9 Å². The molecule has 0 heterocycles. The van der Waals surface area contributed by atoms with Crippen molar-refractivity contribution in [3.63, 3.8) is 0 Å². The first-order chi connectivity index (χ1) is 13.4. The Kier molecular flexibility index (Phi) is 7.59. The highest BCUT2D eigenvalue weighted by atomic mass is 16.4. The molecule has 0 spiro atoms. The number of hydrogen-bond donors (Lipinski definition) is 5. The summed E-state index contributed by atoms with van der Waals surface area (Å²) in [5.74, 6) is -1.65. The van der Waals surface area contributed by atoms with E-state index in [9.17, 15) is 19.8 Å². The summed E-state index contributed by atoms with van der Waals surface area (Å²) in [6.45, 7) is 0. The van der Waals surface area contributed by atoms with E-state index >= 15 is 0 Å². The molecule has 0 amide bonds. The van der Waals surface area contributed by atoms with Gasteiger partial charge in [-0.1, -0.05) is 30.3 Å². The van der Waals surface area contributed by atoms with Gasteiger partial charge in [-0.05, 0) is 42.5 Å². The summed E-state index contributed by atoms with van der Waals surface area (Å²) in [4.78, 5) is 21.9. The fourth-order valence-electron chi connectivity index (χ4n) is 2.78. The number of carboxylic acids is 1. The first-order valence-corrected chi connectivity index (χ1v) is 8.89. The van der Waals surface area contributed by atoms with E-state index in [1.807, 2.05) is 30.3 Å². The predicted octanol–water partition coefficient (Wildman–Crippen LogP) is 2.57. The molecule has 0 radical (unpaired) electrons. The van der Waals surface area contributed by atoms with Crippen LogP contribution in [0.2, 0.25) is 0 Å². The molecule has 7 heteroatoms. The smallest absolute Gasteiger partial charge is 0.320 e. The molecular formula is C21H24N2O5. The summed E-state index contributed by atoms with van der Waals surface area (Å²) in [6.07, 6.45) is 4.11. The summed E-state index contributed by atoms with van der Waals surface area (Å²) in [5, 5.41) is 32.0. The highest BCUT2D eigenvalue weighted by Gasteiger charge is 2.17. The number of carbonyl (C=O) groups is 2. The van der Waals surface area contributed by atoms with Crippen molar-refractivity contribution in [3.8, 4) is 11.5 Å². The molecule has 0 bridgehead atoms. The highest BCUT2D eigenvalue weighted by Crippen LogP contribution is 2.33. The van der Waals surface area contributed by atoms with Crippen LogP contribution in [0.1, 0.15) is 24.0 Å². The van der Waals surface area contributed by atoms with E-state index in [1.165, 1.54) is 17.7 Å². The number of phenols is 2. The van der Waals surface area contributed by atoms with Gasteiger partial charge < -0.3 is 26.4 Å². The molecule has 0 unspecified atom stereocenters. The molecule has 2 aromatic rings. The minimum absolute atomic E-state index is 0.100. The zero-order valence-corrected chi connectivity index (χ0v) is 15.3. The Bertz CT molecular complexity index is 849. The predicted molar refractivity (Wildman–Crippen MR) is 106 cm³/mol. The molecule has 7 nitrogen and oxygen atoms in total. The van der Waals surface area contributed by atoms with Gasteiger partial charge in [-0.25, -0.2) is 0 Å². The highest BCUT2D eigenvalue weighted by molar-refractivity contribution is 5.74. The van der Waals surface area contributed by atoms with Gasteiger partial charge >= 0.3 is 5.97 Å². The number of hydrogen-bond acceptors (Lipinski definition) is 6. The normalized spacial score (nSPS) is 12.4. The fourth-order valence-corrected chi connectivity index (χ4v) is 2.78. The average Bonchev–Trinajstić information content (AvgIpc) is 2.66. The van der Waals surface area contributed by atoms with E-state index in [2.05, 4.69) is 5.32 Å². The number of carboxylic acid groups (broad SMARTS) is 1. The lowest BCUT2D eigenvalue weighted by Gasteiger charge is -2.15. The van der Waals surface area contributed by atoms with Crippen molar-refractivity contribution in [3.05, 3.63) is 65.4 Å². The van der Waals surface area contributed by atoms with Gasteiger partial charge in [0.2, 0.25) is 0 Å². The summed E-state index contributed by atoms with van der Waals surface area (Å²) < 4.78 is 0.